The Morgan fingerprint density at radius 2 is 2.27 bits per heavy atom. The van der Waals surface area contributed by atoms with Crippen molar-refractivity contribution in [1.82, 2.24) is 15.5 Å². The fourth-order valence-corrected chi connectivity index (χ4v) is 2.79. The lowest BCUT2D eigenvalue weighted by molar-refractivity contribution is -0.126. The number of hydrogen-bond acceptors (Lipinski definition) is 6. The van der Waals surface area contributed by atoms with Gasteiger partial charge >= 0.3 is 0 Å². The third kappa shape index (κ3) is 3.06. The van der Waals surface area contributed by atoms with Crippen molar-refractivity contribution in [3.05, 3.63) is 53.8 Å². The molecule has 26 heavy (non-hydrogen) atoms. The Hall–Kier alpha value is -3.49. The highest BCUT2D eigenvalue weighted by Crippen LogP contribution is 2.32. The van der Waals surface area contributed by atoms with Crippen molar-refractivity contribution in [3.63, 3.8) is 0 Å². The Kier molecular flexibility index (Phi) is 3.96. The number of nitrogens with one attached hydrogen (secondary N) is 2. The number of rotatable bonds is 4. The number of hydrogen-bond donors (Lipinski definition) is 2. The minimum Gasteiger partial charge on any atom is -0.459 e. The summed E-state index contributed by atoms with van der Waals surface area (Å²) in [5, 5.41) is 9.01. The second-order valence-electron chi connectivity index (χ2n) is 5.75. The van der Waals surface area contributed by atoms with Gasteiger partial charge in [0.25, 0.3) is 5.89 Å². The summed E-state index contributed by atoms with van der Waals surface area (Å²) in [4.78, 5) is 28.4. The first-order valence-electron chi connectivity index (χ1n) is 7.83. The second kappa shape index (κ2) is 6.43. The number of anilines is 1. The van der Waals surface area contributed by atoms with Gasteiger partial charge in [-0.25, -0.2) is 4.39 Å². The topological polar surface area (TPSA) is 110 Å². The maximum absolute atomic E-state index is 13.4. The Bertz CT molecular complexity index is 967. The molecule has 0 radical (unpaired) electrons. The quantitative estimate of drug-likeness (QED) is 0.742. The molecule has 0 spiro atoms. The normalized spacial score (nSPS) is 16.0. The lowest BCUT2D eigenvalue weighted by Crippen LogP contribution is -2.35. The molecular formula is C17H13FN4O4. The number of nitrogens with zero attached hydrogens (tertiary/aromatic N) is 2. The number of carbonyl (C=O) groups excluding carboxylic acids is 2. The molecule has 1 aliphatic heterocycles. The Labute approximate surface area is 146 Å². The molecule has 0 fully saturated rings. The van der Waals surface area contributed by atoms with Crippen LogP contribution < -0.4 is 10.6 Å². The van der Waals surface area contributed by atoms with E-state index in [9.17, 15) is 14.0 Å². The van der Waals surface area contributed by atoms with Gasteiger partial charge in [0, 0.05) is 12.1 Å². The number of aromatic nitrogens is 2. The van der Waals surface area contributed by atoms with Gasteiger partial charge < -0.3 is 19.6 Å². The van der Waals surface area contributed by atoms with Gasteiger partial charge in [-0.15, -0.1) is 0 Å². The zero-order valence-corrected chi connectivity index (χ0v) is 13.4. The van der Waals surface area contributed by atoms with E-state index in [4.69, 9.17) is 8.94 Å². The molecule has 0 bridgehead atoms. The standard InChI is InChI=1S/C17H13FN4O4/c18-9-3-4-10-11(7-15(23)20-12(10)6-9)16(24)19-8-14-21-17(26-22-14)13-2-1-5-25-13/h1-6,11H,7-8H2,(H,19,24)(H,20,23)/t11-/m1/s1. The van der Waals surface area contributed by atoms with Crippen molar-refractivity contribution in [2.24, 2.45) is 0 Å². The maximum Gasteiger partial charge on any atom is 0.293 e. The van der Waals surface area contributed by atoms with Crippen LogP contribution in [0.4, 0.5) is 10.1 Å². The van der Waals surface area contributed by atoms with Crippen molar-refractivity contribution in [3.8, 4) is 11.7 Å². The first-order valence-corrected chi connectivity index (χ1v) is 7.83. The summed E-state index contributed by atoms with van der Waals surface area (Å²) in [6.45, 7) is 0.0255. The van der Waals surface area contributed by atoms with Gasteiger partial charge in [0.05, 0.1) is 18.7 Å². The van der Waals surface area contributed by atoms with Gasteiger partial charge in [0.1, 0.15) is 5.82 Å². The van der Waals surface area contributed by atoms with E-state index in [1.807, 2.05) is 0 Å². The summed E-state index contributed by atoms with van der Waals surface area (Å²) < 4.78 is 23.6. The molecule has 132 valence electrons. The molecule has 1 aliphatic rings. The maximum atomic E-state index is 13.4. The average molecular weight is 356 g/mol. The second-order valence-corrected chi connectivity index (χ2v) is 5.75. The first kappa shape index (κ1) is 16.0. The van der Waals surface area contributed by atoms with Gasteiger partial charge in [-0.3, -0.25) is 9.59 Å². The molecule has 0 aliphatic carbocycles. The predicted molar refractivity (Wildman–Crippen MR) is 86.2 cm³/mol. The molecule has 2 amide bonds. The number of furan rings is 1. The summed E-state index contributed by atoms with van der Waals surface area (Å²) in [5.41, 5.74) is 0.869. The van der Waals surface area contributed by atoms with Crippen molar-refractivity contribution in [1.29, 1.82) is 0 Å². The van der Waals surface area contributed by atoms with Crippen molar-refractivity contribution < 1.29 is 22.9 Å². The van der Waals surface area contributed by atoms with Crippen LogP contribution in [0.2, 0.25) is 0 Å². The Morgan fingerprint density at radius 3 is 3.08 bits per heavy atom. The molecule has 0 unspecified atom stereocenters. The lowest BCUT2D eigenvalue weighted by Gasteiger charge is -2.24. The van der Waals surface area contributed by atoms with Gasteiger partial charge in [-0.05, 0) is 29.8 Å². The van der Waals surface area contributed by atoms with Gasteiger partial charge in [0.15, 0.2) is 11.6 Å². The molecular weight excluding hydrogens is 343 g/mol. The summed E-state index contributed by atoms with van der Waals surface area (Å²) in [5.74, 6) is -1.02. The number of amides is 2. The molecule has 1 atom stereocenters. The molecule has 2 N–H and O–H groups in total. The molecule has 2 aromatic heterocycles. The summed E-state index contributed by atoms with van der Waals surface area (Å²) in [7, 11) is 0. The minimum absolute atomic E-state index is 0.0195. The van der Waals surface area contributed by atoms with E-state index in [-0.39, 0.29) is 36.5 Å². The molecule has 4 rings (SSSR count). The smallest absolute Gasteiger partial charge is 0.293 e. The highest BCUT2D eigenvalue weighted by Gasteiger charge is 2.31. The van der Waals surface area contributed by atoms with E-state index in [1.54, 1.807) is 12.1 Å². The van der Waals surface area contributed by atoms with Crippen LogP contribution >= 0.6 is 0 Å². The summed E-state index contributed by atoms with van der Waals surface area (Å²) >= 11 is 0. The summed E-state index contributed by atoms with van der Waals surface area (Å²) in [6.07, 6.45) is 1.46. The molecule has 9 heteroatoms. The largest absolute Gasteiger partial charge is 0.459 e. The van der Waals surface area contributed by atoms with Crippen LogP contribution in [0, 0.1) is 5.82 Å². The Balaban J connectivity index is 1.46. The van der Waals surface area contributed by atoms with Gasteiger partial charge in [-0.1, -0.05) is 11.2 Å². The van der Waals surface area contributed by atoms with Crippen molar-refractivity contribution >= 4 is 17.5 Å². The van der Waals surface area contributed by atoms with Crippen LogP contribution in [0.25, 0.3) is 11.7 Å². The fourth-order valence-electron chi connectivity index (χ4n) is 2.79. The van der Waals surface area contributed by atoms with E-state index >= 15 is 0 Å². The Morgan fingerprint density at radius 1 is 1.38 bits per heavy atom. The van der Waals surface area contributed by atoms with Crippen molar-refractivity contribution in [2.45, 2.75) is 18.9 Å². The van der Waals surface area contributed by atoms with Crippen LogP contribution in [0.3, 0.4) is 0 Å². The van der Waals surface area contributed by atoms with E-state index in [2.05, 4.69) is 20.8 Å². The lowest BCUT2D eigenvalue weighted by atomic mass is 9.89. The van der Waals surface area contributed by atoms with E-state index in [0.717, 1.165) is 0 Å². The zero-order chi connectivity index (χ0) is 18.1. The predicted octanol–water partition coefficient (Wildman–Crippen LogP) is 2.21. The van der Waals surface area contributed by atoms with E-state index < -0.39 is 11.7 Å². The molecule has 0 saturated heterocycles. The molecule has 3 aromatic rings. The molecule has 1 aromatic carbocycles. The van der Waals surface area contributed by atoms with Crippen LogP contribution in [0.15, 0.2) is 45.5 Å². The fraction of sp³-hybridized carbons (Fsp3) is 0.176. The van der Waals surface area contributed by atoms with Crippen molar-refractivity contribution in [2.75, 3.05) is 5.32 Å². The van der Waals surface area contributed by atoms with E-state index in [1.165, 1.54) is 24.5 Å². The van der Waals surface area contributed by atoms with Gasteiger partial charge in [0.2, 0.25) is 11.8 Å². The van der Waals surface area contributed by atoms with Crippen LogP contribution in [-0.2, 0) is 16.1 Å². The molecule has 8 nitrogen and oxygen atoms in total. The number of benzene rings is 1. The zero-order valence-electron chi connectivity index (χ0n) is 13.4. The van der Waals surface area contributed by atoms with Crippen LogP contribution in [0.1, 0.15) is 23.7 Å². The molecule has 0 saturated carbocycles. The van der Waals surface area contributed by atoms with Crippen LogP contribution in [0.5, 0.6) is 0 Å². The summed E-state index contributed by atoms with van der Waals surface area (Å²) in [6, 6.07) is 7.31. The number of carbonyl (C=O) groups is 2. The molecule has 3 heterocycles. The van der Waals surface area contributed by atoms with Gasteiger partial charge in [-0.2, -0.15) is 4.98 Å². The highest BCUT2D eigenvalue weighted by atomic mass is 19.1. The third-order valence-electron chi connectivity index (χ3n) is 3.99. The monoisotopic (exact) mass is 356 g/mol. The minimum atomic E-state index is -0.712. The third-order valence-corrected chi connectivity index (χ3v) is 3.99. The SMILES string of the molecule is O=C1C[C@@H](C(=O)NCc2noc(-c3ccco3)n2)c2ccc(F)cc2N1. The first-order chi connectivity index (χ1) is 12.6. The average Bonchev–Trinajstić information content (AvgIpc) is 3.29. The highest BCUT2D eigenvalue weighted by molar-refractivity contribution is 6.01. The number of halogens is 1. The van der Waals surface area contributed by atoms with Crippen LogP contribution in [-0.4, -0.2) is 22.0 Å². The van der Waals surface area contributed by atoms with E-state index in [0.29, 0.717) is 17.0 Å². The number of fused-ring (bicyclic) bond motifs is 1.